The lowest BCUT2D eigenvalue weighted by Crippen LogP contribution is -1.99. The third-order valence-corrected chi connectivity index (χ3v) is 10.8. The quantitative estimate of drug-likeness (QED) is 0.166. The molecule has 10 rings (SSSR count). The van der Waals surface area contributed by atoms with Gasteiger partial charge >= 0.3 is 0 Å². The lowest BCUT2D eigenvalue weighted by Gasteiger charge is -2.12. The highest BCUT2D eigenvalue weighted by atomic mass is 15.1. The molecule has 0 fully saturated rings. The van der Waals surface area contributed by atoms with E-state index in [-0.39, 0.29) is 0 Å². The van der Waals surface area contributed by atoms with E-state index in [2.05, 4.69) is 174 Å². The molecule has 262 valence electrons. The monoisotopic (exact) mass is 706 g/mol. The molecule has 2 aromatic heterocycles. The van der Waals surface area contributed by atoms with Crippen molar-refractivity contribution in [1.29, 1.82) is 0 Å². The minimum absolute atomic E-state index is 0.770. The molecule has 2 aliphatic rings. The van der Waals surface area contributed by atoms with Gasteiger partial charge in [-0.25, -0.2) is 15.0 Å². The summed E-state index contributed by atoms with van der Waals surface area (Å²) in [5.41, 5.74) is 15.6. The summed E-state index contributed by atoms with van der Waals surface area (Å²) < 4.78 is 2.18. The highest BCUT2D eigenvalue weighted by molar-refractivity contribution is 5.99. The van der Waals surface area contributed by atoms with Crippen LogP contribution in [-0.4, -0.2) is 19.5 Å². The van der Waals surface area contributed by atoms with Crippen molar-refractivity contribution >= 4 is 33.1 Å². The summed E-state index contributed by atoms with van der Waals surface area (Å²) in [7, 11) is 0. The van der Waals surface area contributed by atoms with Gasteiger partial charge < -0.3 is 0 Å². The zero-order chi connectivity index (χ0) is 36.6. The summed E-state index contributed by atoms with van der Waals surface area (Å²) in [6.07, 6.45) is 19.5. The summed E-state index contributed by atoms with van der Waals surface area (Å²) in [6.45, 7) is 0. The minimum Gasteiger partial charge on any atom is -0.299 e. The Kier molecular flexibility index (Phi) is 8.42. The predicted molar refractivity (Wildman–Crippen MR) is 229 cm³/mol. The van der Waals surface area contributed by atoms with Gasteiger partial charge in [0.05, 0.1) is 22.4 Å². The number of nitrogens with zero attached hydrogens (tertiary/aromatic N) is 4. The fourth-order valence-electron chi connectivity index (χ4n) is 7.83. The van der Waals surface area contributed by atoms with E-state index >= 15 is 0 Å². The first-order valence-corrected chi connectivity index (χ1v) is 19.1. The van der Waals surface area contributed by atoms with Gasteiger partial charge in [-0.1, -0.05) is 146 Å². The lowest BCUT2D eigenvalue weighted by atomic mass is 9.94. The first kappa shape index (κ1) is 32.7. The average Bonchev–Trinajstić information content (AvgIpc) is 3.70. The fraction of sp³-hybridized carbons (Fsp3) is 0.0784. The molecule has 0 amide bonds. The van der Waals surface area contributed by atoms with Crippen LogP contribution in [0.25, 0.3) is 89.0 Å². The molecule has 2 heterocycles. The molecular weight excluding hydrogens is 669 g/mol. The molecule has 4 heteroatoms. The maximum Gasteiger partial charge on any atom is 0.160 e. The van der Waals surface area contributed by atoms with E-state index in [1.807, 2.05) is 12.4 Å². The Hall–Kier alpha value is -6.91. The minimum atomic E-state index is 0.770. The van der Waals surface area contributed by atoms with Crippen LogP contribution in [0.4, 0.5) is 0 Å². The van der Waals surface area contributed by atoms with Crippen LogP contribution < -0.4 is 0 Å². The number of aromatic nitrogens is 4. The molecule has 8 aromatic rings. The molecule has 55 heavy (non-hydrogen) atoms. The summed E-state index contributed by atoms with van der Waals surface area (Å²) in [5.74, 6) is 0.770. The Morgan fingerprint density at radius 3 is 1.85 bits per heavy atom. The highest BCUT2D eigenvalue weighted by Crippen LogP contribution is 2.35. The van der Waals surface area contributed by atoms with Gasteiger partial charge in [0, 0.05) is 22.4 Å². The third-order valence-electron chi connectivity index (χ3n) is 10.8. The van der Waals surface area contributed by atoms with Gasteiger partial charge in [-0.15, -0.1) is 0 Å². The number of imidazole rings is 1. The van der Waals surface area contributed by atoms with Crippen LogP contribution in [0.15, 0.2) is 182 Å². The zero-order valence-electron chi connectivity index (χ0n) is 30.4. The van der Waals surface area contributed by atoms with Crippen LogP contribution in [0.1, 0.15) is 31.5 Å². The van der Waals surface area contributed by atoms with E-state index in [0.717, 1.165) is 70.6 Å². The second-order valence-electron chi connectivity index (χ2n) is 14.3. The van der Waals surface area contributed by atoms with Crippen LogP contribution in [0, 0.1) is 0 Å². The second kappa shape index (κ2) is 14.1. The molecule has 0 radical (unpaired) electrons. The van der Waals surface area contributed by atoms with Gasteiger partial charge in [0.25, 0.3) is 0 Å². The number of fused-ring (bicyclic) bond motifs is 2. The topological polar surface area (TPSA) is 43.6 Å². The second-order valence-corrected chi connectivity index (χ2v) is 14.3. The largest absolute Gasteiger partial charge is 0.299 e. The molecule has 0 saturated carbocycles. The fourth-order valence-corrected chi connectivity index (χ4v) is 7.83. The molecule has 6 aromatic carbocycles. The van der Waals surface area contributed by atoms with E-state index < -0.39 is 0 Å². The summed E-state index contributed by atoms with van der Waals surface area (Å²) >= 11 is 0. The van der Waals surface area contributed by atoms with Gasteiger partial charge in [-0.05, 0) is 100 Å². The Morgan fingerprint density at radius 2 is 1.13 bits per heavy atom. The molecule has 0 aliphatic heterocycles. The Balaban J connectivity index is 0.918. The van der Waals surface area contributed by atoms with Crippen molar-refractivity contribution in [3.8, 4) is 55.9 Å². The van der Waals surface area contributed by atoms with Gasteiger partial charge in [0.2, 0.25) is 0 Å². The zero-order valence-corrected chi connectivity index (χ0v) is 30.4. The third kappa shape index (κ3) is 6.42. The predicted octanol–water partition coefficient (Wildman–Crippen LogP) is 13.2. The van der Waals surface area contributed by atoms with Crippen molar-refractivity contribution in [3.63, 3.8) is 0 Å². The Bertz CT molecular complexity index is 2830. The van der Waals surface area contributed by atoms with E-state index in [1.165, 1.54) is 49.9 Å². The summed E-state index contributed by atoms with van der Waals surface area (Å²) in [4.78, 5) is 14.8. The van der Waals surface area contributed by atoms with Crippen molar-refractivity contribution in [2.45, 2.75) is 25.7 Å². The SMILES string of the molecule is C1=CC(c2nc(-c3ccccc3)cc(-c3ccc(-c4cccc5cc(-c6ccc(-c7ccc8c(c7)ncn8C7=CCCC=C7)cc6)ccc45)cc3)n2)=CCC1. The van der Waals surface area contributed by atoms with Crippen LogP contribution in [0.5, 0.6) is 0 Å². The molecule has 0 spiro atoms. The van der Waals surface area contributed by atoms with E-state index in [9.17, 15) is 0 Å². The van der Waals surface area contributed by atoms with Gasteiger partial charge in [-0.3, -0.25) is 4.57 Å². The number of hydrogen-bond donors (Lipinski definition) is 0. The average molecular weight is 707 g/mol. The van der Waals surface area contributed by atoms with E-state index in [4.69, 9.17) is 15.0 Å². The molecule has 2 aliphatic carbocycles. The van der Waals surface area contributed by atoms with Crippen LogP contribution >= 0.6 is 0 Å². The van der Waals surface area contributed by atoms with Crippen molar-refractivity contribution in [2.24, 2.45) is 0 Å². The standard InChI is InChI=1S/C51H38N4/c1-4-11-38(12-5-1)47-33-48(54-51(53-47)40-13-6-2-7-14-40)39-25-23-37(24-26-39)45-18-10-15-43-31-41(27-29-46(43)45)35-19-21-36(22-20-35)42-28-30-50-49(32-42)52-34-55(50)44-16-8-3-9-17-44/h1,4-6,8,10-34H,2-3,7,9H2. The maximum absolute atomic E-state index is 5.06. The maximum atomic E-state index is 5.06. The lowest BCUT2D eigenvalue weighted by molar-refractivity contribution is 1.01. The highest BCUT2D eigenvalue weighted by Gasteiger charge is 2.14. The molecule has 0 saturated heterocycles. The van der Waals surface area contributed by atoms with Crippen LogP contribution in [0.3, 0.4) is 0 Å². The molecule has 0 bridgehead atoms. The van der Waals surface area contributed by atoms with Crippen LogP contribution in [-0.2, 0) is 0 Å². The van der Waals surface area contributed by atoms with Gasteiger partial charge in [-0.2, -0.15) is 0 Å². The van der Waals surface area contributed by atoms with Gasteiger partial charge in [0.1, 0.15) is 6.33 Å². The first-order chi connectivity index (χ1) is 27.2. The Labute approximate surface area is 321 Å². The number of benzene rings is 6. The van der Waals surface area contributed by atoms with Crippen LogP contribution in [0.2, 0.25) is 0 Å². The Morgan fingerprint density at radius 1 is 0.473 bits per heavy atom. The van der Waals surface area contributed by atoms with Crippen molar-refractivity contribution in [1.82, 2.24) is 19.5 Å². The molecule has 0 N–H and O–H groups in total. The number of hydrogen-bond acceptors (Lipinski definition) is 3. The van der Waals surface area contributed by atoms with Crippen molar-refractivity contribution in [3.05, 3.63) is 188 Å². The smallest absolute Gasteiger partial charge is 0.160 e. The van der Waals surface area contributed by atoms with Gasteiger partial charge in [0.15, 0.2) is 5.82 Å². The summed E-state index contributed by atoms with van der Waals surface area (Å²) in [6, 6.07) is 50.1. The number of rotatable bonds is 7. The van der Waals surface area contributed by atoms with E-state index in [0.29, 0.717) is 0 Å². The molecule has 0 unspecified atom stereocenters. The molecular formula is C51H38N4. The first-order valence-electron chi connectivity index (χ1n) is 19.1. The normalized spacial score (nSPS) is 14.0. The molecule has 4 nitrogen and oxygen atoms in total. The van der Waals surface area contributed by atoms with Crippen molar-refractivity contribution in [2.75, 3.05) is 0 Å². The summed E-state index contributed by atoms with van der Waals surface area (Å²) in [5, 5.41) is 2.45. The van der Waals surface area contributed by atoms with Crippen molar-refractivity contribution < 1.29 is 0 Å². The number of allylic oxidation sites excluding steroid dienone is 8. The molecule has 0 atom stereocenters. The van der Waals surface area contributed by atoms with E-state index in [1.54, 1.807) is 0 Å².